The number of hydrogen-bond acceptors (Lipinski definition) is 2. The number of hydrogen-bond donors (Lipinski definition) is 1. The average Bonchev–Trinajstić information content (AvgIpc) is 2.78. The zero-order chi connectivity index (χ0) is 15.5. The molecule has 2 rings (SSSR count). The number of nitrogens with one attached hydrogen (secondary N) is 1. The molecule has 0 amide bonds. The van der Waals surface area contributed by atoms with Crippen molar-refractivity contribution >= 4 is 5.95 Å². The molecule has 0 radical (unpaired) electrons. The molecule has 0 aliphatic heterocycles. The van der Waals surface area contributed by atoms with Crippen molar-refractivity contribution in [2.24, 2.45) is 0 Å². The average molecular weight is 285 g/mol. The Labute approximate surface area is 128 Å². The Morgan fingerprint density at radius 2 is 1.86 bits per heavy atom. The first-order chi connectivity index (χ1) is 9.87. The summed E-state index contributed by atoms with van der Waals surface area (Å²) in [5, 5.41) is 3.61. The summed E-state index contributed by atoms with van der Waals surface area (Å²) < 4.78 is 2.21. The maximum atomic E-state index is 4.62. The molecule has 3 nitrogen and oxygen atoms in total. The number of benzene rings is 1. The van der Waals surface area contributed by atoms with E-state index >= 15 is 0 Å². The Hall–Kier alpha value is -1.77. The van der Waals surface area contributed by atoms with Crippen LogP contribution in [0, 0.1) is 6.92 Å². The summed E-state index contributed by atoms with van der Waals surface area (Å²) in [5.74, 6) is 0.973. The summed E-state index contributed by atoms with van der Waals surface area (Å²) in [7, 11) is 0. The van der Waals surface area contributed by atoms with Crippen LogP contribution in [0.4, 0.5) is 5.95 Å². The second-order valence-corrected chi connectivity index (χ2v) is 6.70. The van der Waals surface area contributed by atoms with Gasteiger partial charge in [0.15, 0.2) is 0 Å². The van der Waals surface area contributed by atoms with Gasteiger partial charge in [-0.2, -0.15) is 0 Å². The zero-order valence-electron chi connectivity index (χ0n) is 13.9. The first-order valence-corrected chi connectivity index (χ1v) is 7.75. The molecular weight excluding hydrogens is 258 g/mol. The van der Waals surface area contributed by atoms with E-state index < -0.39 is 0 Å². The van der Waals surface area contributed by atoms with Gasteiger partial charge in [0.1, 0.15) is 0 Å². The summed E-state index contributed by atoms with van der Waals surface area (Å²) in [4.78, 5) is 4.62. The lowest BCUT2D eigenvalue weighted by atomic mass is 9.95. The molecule has 0 bridgehead atoms. The quantitative estimate of drug-likeness (QED) is 0.841. The third-order valence-corrected chi connectivity index (χ3v) is 3.74. The molecule has 0 aliphatic carbocycles. The molecule has 0 unspecified atom stereocenters. The number of aromatic nitrogens is 2. The van der Waals surface area contributed by atoms with Crippen LogP contribution in [0.2, 0.25) is 0 Å². The summed E-state index contributed by atoms with van der Waals surface area (Å²) in [6.07, 6.45) is 4.25. The molecule has 1 aromatic carbocycles. The van der Waals surface area contributed by atoms with Gasteiger partial charge in [0.2, 0.25) is 5.95 Å². The monoisotopic (exact) mass is 285 g/mol. The molecule has 1 N–H and O–H groups in total. The zero-order valence-corrected chi connectivity index (χ0v) is 13.9. The van der Waals surface area contributed by atoms with Crippen molar-refractivity contribution in [3.8, 4) is 0 Å². The van der Waals surface area contributed by atoms with Crippen LogP contribution < -0.4 is 5.32 Å². The fraction of sp³-hybridized carbons (Fsp3) is 0.500. The van der Waals surface area contributed by atoms with Crippen molar-refractivity contribution in [3.05, 3.63) is 47.8 Å². The number of imidazole rings is 1. The van der Waals surface area contributed by atoms with Crippen LogP contribution in [0.5, 0.6) is 0 Å². The summed E-state index contributed by atoms with van der Waals surface area (Å²) in [6.45, 7) is 10.9. The van der Waals surface area contributed by atoms with Gasteiger partial charge in [-0.05, 0) is 53.0 Å². The van der Waals surface area contributed by atoms with E-state index in [1.807, 2.05) is 6.92 Å². The fourth-order valence-corrected chi connectivity index (χ4v) is 2.47. The third kappa shape index (κ3) is 4.35. The lowest BCUT2D eigenvalue weighted by molar-refractivity contribution is 0.502. The van der Waals surface area contributed by atoms with Gasteiger partial charge in [-0.3, -0.25) is 0 Å². The maximum absolute atomic E-state index is 4.62. The Morgan fingerprint density at radius 3 is 2.48 bits per heavy atom. The van der Waals surface area contributed by atoms with Crippen LogP contribution in [0.15, 0.2) is 36.5 Å². The van der Waals surface area contributed by atoms with E-state index in [1.165, 1.54) is 5.56 Å². The first kappa shape index (κ1) is 15.6. The molecule has 2 aromatic rings. The second kappa shape index (κ2) is 6.33. The molecule has 0 spiro atoms. The lowest BCUT2D eigenvalue weighted by Crippen LogP contribution is -2.33. The highest BCUT2D eigenvalue weighted by Gasteiger charge is 2.20. The normalized spacial score (nSPS) is 11.9. The van der Waals surface area contributed by atoms with Gasteiger partial charge in [0.05, 0.1) is 5.69 Å². The van der Waals surface area contributed by atoms with Crippen LogP contribution in [-0.2, 0) is 6.42 Å². The van der Waals surface area contributed by atoms with Crippen molar-refractivity contribution in [1.29, 1.82) is 0 Å². The highest BCUT2D eigenvalue weighted by molar-refractivity contribution is 5.33. The van der Waals surface area contributed by atoms with E-state index in [0.29, 0.717) is 6.04 Å². The fourth-order valence-electron chi connectivity index (χ4n) is 2.47. The summed E-state index contributed by atoms with van der Waals surface area (Å²) in [6, 6.07) is 11.1. The van der Waals surface area contributed by atoms with Gasteiger partial charge in [0.25, 0.3) is 0 Å². The van der Waals surface area contributed by atoms with Crippen molar-refractivity contribution in [2.75, 3.05) is 5.32 Å². The highest BCUT2D eigenvalue weighted by atomic mass is 15.2. The number of aryl methyl sites for hydroxylation is 2. The molecule has 0 saturated carbocycles. The van der Waals surface area contributed by atoms with E-state index in [4.69, 9.17) is 0 Å². The van der Waals surface area contributed by atoms with E-state index in [9.17, 15) is 0 Å². The van der Waals surface area contributed by atoms with E-state index in [1.54, 1.807) is 0 Å². The SMILES string of the molecule is Cc1cn(C(C)C)c(NC(C)(C)CCc2ccccc2)n1. The van der Waals surface area contributed by atoms with Gasteiger partial charge in [-0.25, -0.2) is 4.98 Å². The van der Waals surface area contributed by atoms with Crippen LogP contribution in [0.25, 0.3) is 0 Å². The number of anilines is 1. The Morgan fingerprint density at radius 1 is 1.19 bits per heavy atom. The molecule has 0 saturated heterocycles. The molecular formula is C18H27N3. The maximum Gasteiger partial charge on any atom is 0.203 e. The van der Waals surface area contributed by atoms with Crippen LogP contribution >= 0.6 is 0 Å². The minimum Gasteiger partial charge on any atom is -0.351 e. The Balaban J connectivity index is 2.03. The van der Waals surface area contributed by atoms with Gasteiger partial charge in [-0.15, -0.1) is 0 Å². The van der Waals surface area contributed by atoms with E-state index in [-0.39, 0.29) is 5.54 Å². The molecule has 0 atom stereocenters. The molecule has 0 aliphatic rings. The largest absolute Gasteiger partial charge is 0.351 e. The van der Waals surface area contributed by atoms with Gasteiger partial charge in [-0.1, -0.05) is 30.3 Å². The standard InChI is InChI=1S/C18H27N3/c1-14(2)21-13-15(3)19-17(21)20-18(4,5)12-11-16-9-7-6-8-10-16/h6-10,13-14H,11-12H2,1-5H3,(H,19,20). The second-order valence-electron chi connectivity index (χ2n) is 6.70. The van der Waals surface area contributed by atoms with Crippen molar-refractivity contribution in [3.63, 3.8) is 0 Å². The van der Waals surface area contributed by atoms with Crippen LogP contribution in [0.3, 0.4) is 0 Å². The molecule has 114 valence electrons. The van der Waals surface area contributed by atoms with E-state index in [0.717, 1.165) is 24.5 Å². The van der Waals surface area contributed by atoms with Gasteiger partial charge in [0, 0.05) is 17.8 Å². The predicted molar refractivity (Wildman–Crippen MR) is 89.8 cm³/mol. The minimum atomic E-state index is 0.0142. The molecule has 3 heteroatoms. The number of nitrogens with zero attached hydrogens (tertiary/aromatic N) is 2. The van der Waals surface area contributed by atoms with Crippen LogP contribution in [0.1, 0.15) is 51.4 Å². The van der Waals surface area contributed by atoms with Crippen LogP contribution in [-0.4, -0.2) is 15.1 Å². The number of rotatable bonds is 6. The molecule has 1 heterocycles. The van der Waals surface area contributed by atoms with Gasteiger partial charge >= 0.3 is 0 Å². The van der Waals surface area contributed by atoms with Crippen molar-refractivity contribution in [1.82, 2.24) is 9.55 Å². The third-order valence-electron chi connectivity index (χ3n) is 3.74. The first-order valence-electron chi connectivity index (χ1n) is 7.75. The topological polar surface area (TPSA) is 29.9 Å². The van der Waals surface area contributed by atoms with Crippen molar-refractivity contribution in [2.45, 2.75) is 59.0 Å². The highest BCUT2D eigenvalue weighted by Crippen LogP contribution is 2.22. The summed E-state index contributed by atoms with van der Waals surface area (Å²) >= 11 is 0. The Kier molecular flexibility index (Phi) is 4.71. The molecule has 1 aromatic heterocycles. The smallest absolute Gasteiger partial charge is 0.203 e. The summed E-state index contributed by atoms with van der Waals surface area (Å²) in [5.41, 5.74) is 2.46. The van der Waals surface area contributed by atoms with E-state index in [2.05, 4.69) is 79.1 Å². The minimum absolute atomic E-state index is 0.0142. The predicted octanol–water partition coefficient (Wildman–Crippen LogP) is 4.60. The lowest BCUT2D eigenvalue weighted by Gasteiger charge is -2.28. The van der Waals surface area contributed by atoms with Crippen molar-refractivity contribution < 1.29 is 0 Å². The molecule has 21 heavy (non-hydrogen) atoms. The molecule has 0 fully saturated rings. The Bertz CT molecular complexity index is 567. The van der Waals surface area contributed by atoms with Gasteiger partial charge < -0.3 is 9.88 Å².